The summed E-state index contributed by atoms with van der Waals surface area (Å²) in [6.45, 7) is 3.07. The van der Waals surface area contributed by atoms with E-state index in [9.17, 15) is 4.79 Å². The van der Waals surface area contributed by atoms with Gasteiger partial charge in [-0.05, 0) is 6.92 Å². The highest BCUT2D eigenvalue weighted by atomic mass is 16.5. The molecule has 0 bridgehead atoms. The molecule has 1 heterocycles. The van der Waals surface area contributed by atoms with E-state index >= 15 is 0 Å². The third kappa shape index (κ3) is 2.53. The molecule has 0 aliphatic heterocycles. The van der Waals surface area contributed by atoms with Gasteiger partial charge in [-0.3, -0.25) is 4.68 Å². The summed E-state index contributed by atoms with van der Waals surface area (Å²) in [5.41, 5.74) is 0. The van der Waals surface area contributed by atoms with Gasteiger partial charge in [0.15, 0.2) is 0 Å². The zero-order chi connectivity index (χ0) is 10.6. The summed E-state index contributed by atoms with van der Waals surface area (Å²) in [6.07, 6.45) is 0.574. The molecule has 14 heavy (non-hydrogen) atoms. The molecule has 78 valence electrons. The molecule has 0 aliphatic rings. The maximum atomic E-state index is 10.5. The van der Waals surface area contributed by atoms with E-state index in [0.29, 0.717) is 25.5 Å². The van der Waals surface area contributed by atoms with E-state index in [4.69, 9.17) is 9.84 Å². The van der Waals surface area contributed by atoms with Crippen molar-refractivity contribution in [2.75, 3.05) is 13.2 Å². The van der Waals surface area contributed by atoms with E-state index in [0.717, 1.165) is 0 Å². The molecule has 0 atom stereocenters. The van der Waals surface area contributed by atoms with E-state index < -0.39 is 5.97 Å². The van der Waals surface area contributed by atoms with Gasteiger partial charge in [-0.2, -0.15) is 0 Å². The van der Waals surface area contributed by atoms with E-state index in [1.165, 1.54) is 4.68 Å². The maximum absolute atomic E-state index is 10.5. The third-order valence-electron chi connectivity index (χ3n) is 1.72. The predicted molar refractivity (Wildman–Crippen MR) is 48.2 cm³/mol. The number of rotatable bonds is 5. The number of carboxylic acid groups (broad SMARTS) is 1. The monoisotopic (exact) mass is 199 g/mol. The average Bonchev–Trinajstić information content (AvgIpc) is 2.49. The van der Waals surface area contributed by atoms with E-state index in [-0.39, 0.29) is 5.82 Å². The number of aromatic carboxylic acids is 1. The molecule has 0 fully saturated rings. The molecule has 0 saturated carbocycles. The largest absolute Gasteiger partial charge is 0.475 e. The number of aryl methyl sites for hydroxylation is 1. The van der Waals surface area contributed by atoms with E-state index in [1.54, 1.807) is 7.05 Å². The van der Waals surface area contributed by atoms with Crippen molar-refractivity contribution in [2.45, 2.75) is 13.3 Å². The minimum absolute atomic E-state index is 0.168. The van der Waals surface area contributed by atoms with Gasteiger partial charge in [-0.1, -0.05) is 0 Å². The highest BCUT2D eigenvalue weighted by molar-refractivity contribution is 5.82. The molecule has 0 spiro atoms. The van der Waals surface area contributed by atoms with Crippen molar-refractivity contribution >= 4 is 5.97 Å². The van der Waals surface area contributed by atoms with Crippen molar-refractivity contribution in [3.8, 4) is 0 Å². The summed E-state index contributed by atoms with van der Waals surface area (Å²) in [6, 6.07) is 0. The summed E-state index contributed by atoms with van der Waals surface area (Å²) in [5.74, 6) is -0.655. The van der Waals surface area contributed by atoms with Crippen molar-refractivity contribution in [1.29, 1.82) is 0 Å². The molecule has 1 aromatic heterocycles. The SMILES string of the molecule is CCOCCc1nc(C(=O)O)nn1C. The Morgan fingerprint density at radius 1 is 1.64 bits per heavy atom. The Morgan fingerprint density at radius 2 is 2.36 bits per heavy atom. The van der Waals surface area contributed by atoms with Crippen molar-refractivity contribution in [1.82, 2.24) is 14.8 Å². The van der Waals surface area contributed by atoms with Crippen molar-refractivity contribution in [2.24, 2.45) is 7.05 Å². The van der Waals surface area contributed by atoms with Crippen LogP contribution in [0.3, 0.4) is 0 Å². The quantitative estimate of drug-likeness (QED) is 0.680. The number of aromatic nitrogens is 3. The summed E-state index contributed by atoms with van der Waals surface area (Å²) < 4.78 is 6.59. The summed E-state index contributed by atoms with van der Waals surface area (Å²) in [7, 11) is 1.67. The van der Waals surface area contributed by atoms with Crippen LogP contribution in [0.15, 0.2) is 0 Å². The topological polar surface area (TPSA) is 77.2 Å². The molecular formula is C8H13N3O3. The van der Waals surface area contributed by atoms with Gasteiger partial charge in [0.1, 0.15) is 5.82 Å². The minimum atomic E-state index is -1.11. The van der Waals surface area contributed by atoms with Gasteiger partial charge >= 0.3 is 5.97 Å². The summed E-state index contributed by atoms with van der Waals surface area (Å²) in [5, 5.41) is 12.4. The number of ether oxygens (including phenoxy) is 1. The van der Waals surface area contributed by atoms with Gasteiger partial charge in [0.2, 0.25) is 0 Å². The second kappa shape index (κ2) is 4.71. The summed E-state index contributed by atoms with van der Waals surface area (Å²) in [4.78, 5) is 14.4. The second-order valence-corrected chi connectivity index (χ2v) is 2.73. The highest BCUT2D eigenvalue weighted by Crippen LogP contribution is 1.98. The molecule has 0 radical (unpaired) electrons. The first-order chi connectivity index (χ1) is 6.65. The first-order valence-electron chi connectivity index (χ1n) is 4.36. The molecule has 0 saturated heterocycles. The van der Waals surface area contributed by atoms with Crippen LogP contribution in [0.5, 0.6) is 0 Å². The maximum Gasteiger partial charge on any atom is 0.375 e. The molecule has 1 aromatic rings. The normalized spacial score (nSPS) is 10.4. The standard InChI is InChI=1S/C8H13N3O3/c1-3-14-5-4-6-9-7(8(12)13)10-11(6)2/h3-5H2,1-2H3,(H,12,13). The lowest BCUT2D eigenvalue weighted by Gasteiger charge is -1.99. The van der Waals surface area contributed by atoms with Gasteiger partial charge in [-0.25, -0.2) is 9.78 Å². The van der Waals surface area contributed by atoms with Crippen LogP contribution < -0.4 is 0 Å². The smallest absolute Gasteiger partial charge is 0.375 e. The number of carbonyl (C=O) groups is 1. The van der Waals surface area contributed by atoms with Crippen LogP contribution >= 0.6 is 0 Å². The predicted octanol–water partition coefficient (Wildman–Crippen LogP) is 0.0923. The highest BCUT2D eigenvalue weighted by Gasteiger charge is 2.12. The van der Waals surface area contributed by atoms with Crippen LogP contribution in [0.4, 0.5) is 0 Å². The zero-order valence-corrected chi connectivity index (χ0v) is 8.23. The van der Waals surface area contributed by atoms with Crippen molar-refractivity contribution in [3.63, 3.8) is 0 Å². The molecule has 0 unspecified atom stereocenters. The average molecular weight is 199 g/mol. The van der Waals surface area contributed by atoms with E-state index in [1.807, 2.05) is 6.92 Å². The van der Waals surface area contributed by atoms with Crippen LogP contribution in [-0.2, 0) is 18.2 Å². The molecule has 0 aromatic carbocycles. The third-order valence-corrected chi connectivity index (χ3v) is 1.72. The van der Waals surface area contributed by atoms with Gasteiger partial charge in [-0.15, -0.1) is 5.10 Å². The number of nitrogens with zero attached hydrogens (tertiary/aromatic N) is 3. The van der Waals surface area contributed by atoms with Gasteiger partial charge < -0.3 is 9.84 Å². The Morgan fingerprint density at radius 3 is 2.86 bits per heavy atom. The first-order valence-corrected chi connectivity index (χ1v) is 4.36. The van der Waals surface area contributed by atoms with Crippen LogP contribution in [-0.4, -0.2) is 39.1 Å². The lowest BCUT2D eigenvalue weighted by atomic mass is 10.4. The van der Waals surface area contributed by atoms with Gasteiger partial charge in [0, 0.05) is 20.1 Å². The first kappa shape index (κ1) is 10.6. The molecule has 6 heteroatoms. The van der Waals surface area contributed by atoms with Crippen LogP contribution in [0.2, 0.25) is 0 Å². The van der Waals surface area contributed by atoms with Crippen molar-refractivity contribution in [3.05, 3.63) is 11.6 Å². The minimum Gasteiger partial charge on any atom is -0.475 e. The molecule has 1 rings (SSSR count). The lowest BCUT2D eigenvalue weighted by Crippen LogP contribution is -2.04. The molecule has 1 N–H and O–H groups in total. The second-order valence-electron chi connectivity index (χ2n) is 2.73. The fourth-order valence-corrected chi connectivity index (χ4v) is 1.03. The number of hydrogen-bond acceptors (Lipinski definition) is 4. The van der Waals surface area contributed by atoms with Gasteiger partial charge in [0.05, 0.1) is 6.61 Å². The van der Waals surface area contributed by atoms with Crippen LogP contribution in [0, 0.1) is 0 Å². The number of carboxylic acids is 1. The van der Waals surface area contributed by atoms with Crippen LogP contribution in [0.25, 0.3) is 0 Å². The Labute approximate surface area is 81.5 Å². The van der Waals surface area contributed by atoms with E-state index in [2.05, 4.69) is 10.1 Å². The lowest BCUT2D eigenvalue weighted by molar-refractivity contribution is 0.0683. The molecule has 0 aliphatic carbocycles. The fourth-order valence-electron chi connectivity index (χ4n) is 1.03. The zero-order valence-electron chi connectivity index (χ0n) is 8.23. The molecular weight excluding hydrogens is 186 g/mol. The van der Waals surface area contributed by atoms with Crippen LogP contribution in [0.1, 0.15) is 23.4 Å². The Kier molecular flexibility index (Phi) is 3.58. The van der Waals surface area contributed by atoms with Gasteiger partial charge in [0.25, 0.3) is 5.82 Å². The number of hydrogen-bond donors (Lipinski definition) is 1. The molecule has 6 nitrogen and oxygen atoms in total. The Hall–Kier alpha value is -1.43. The summed E-state index contributed by atoms with van der Waals surface area (Å²) >= 11 is 0. The Bertz CT molecular complexity index is 322. The fraction of sp³-hybridized carbons (Fsp3) is 0.625. The molecule has 0 amide bonds. The Balaban J connectivity index is 2.63. The van der Waals surface area contributed by atoms with Crippen molar-refractivity contribution < 1.29 is 14.6 Å².